The summed E-state index contributed by atoms with van der Waals surface area (Å²) in [5.41, 5.74) is 1.05. The maximum Gasteiger partial charge on any atom is -0.0239 e. The van der Waals surface area contributed by atoms with Crippen LogP contribution in [0.5, 0.6) is 0 Å². The van der Waals surface area contributed by atoms with Crippen LogP contribution in [0.3, 0.4) is 0 Å². The van der Waals surface area contributed by atoms with Gasteiger partial charge in [0.15, 0.2) is 0 Å². The average Bonchev–Trinajstić information content (AvgIpc) is 2.13. The van der Waals surface area contributed by atoms with Crippen LogP contribution in [0.25, 0.3) is 0 Å². The first-order valence-electron chi connectivity index (χ1n) is 6.78. The van der Waals surface area contributed by atoms with Gasteiger partial charge in [0.2, 0.25) is 0 Å². The Morgan fingerprint density at radius 1 is 1.13 bits per heavy atom. The summed E-state index contributed by atoms with van der Waals surface area (Å²) in [5.74, 6) is 2.77. The lowest BCUT2D eigenvalue weighted by Crippen LogP contribution is -2.53. The van der Waals surface area contributed by atoms with E-state index in [1.165, 1.54) is 19.3 Å². The van der Waals surface area contributed by atoms with Gasteiger partial charge in [-0.25, -0.2) is 0 Å². The summed E-state index contributed by atoms with van der Waals surface area (Å²) in [4.78, 5) is 0. The van der Waals surface area contributed by atoms with E-state index in [2.05, 4.69) is 48.5 Å². The molecule has 0 aliphatic heterocycles. The summed E-state index contributed by atoms with van der Waals surface area (Å²) in [6, 6.07) is 0. The predicted octanol–water partition coefficient (Wildman–Crippen LogP) is 5.13. The van der Waals surface area contributed by atoms with Crippen molar-refractivity contribution < 1.29 is 0 Å². The van der Waals surface area contributed by atoms with Crippen molar-refractivity contribution in [2.24, 2.45) is 28.6 Å². The molecule has 1 aliphatic rings. The third-order valence-electron chi connectivity index (χ3n) is 5.55. The molecule has 90 valence electrons. The quantitative estimate of drug-likeness (QED) is 0.605. The molecule has 0 bridgehead atoms. The van der Waals surface area contributed by atoms with Crippen molar-refractivity contribution in [3.8, 4) is 0 Å². The second-order valence-electron chi connectivity index (χ2n) is 6.90. The van der Waals surface area contributed by atoms with Crippen LogP contribution in [0.2, 0.25) is 0 Å². The van der Waals surface area contributed by atoms with E-state index in [0.29, 0.717) is 10.8 Å². The molecule has 0 aromatic rings. The zero-order valence-electron chi connectivity index (χ0n) is 11.9. The van der Waals surface area contributed by atoms with Gasteiger partial charge >= 0.3 is 0 Å². The molecule has 0 nitrogen and oxygen atoms in total. The molecule has 0 heterocycles. The van der Waals surface area contributed by atoms with Crippen LogP contribution in [-0.2, 0) is 0 Å². The van der Waals surface area contributed by atoms with Crippen molar-refractivity contribution in [3.05, 3.63) is 0 Å². The predicted molar refractivity (Wildman–Crippen MR) is 68.9 cm³/mol. The van der Waals surface area contributed by atoms with Gasteiger partial charge in [-0.1, -0.05) is 61.3 Å². The molecule has 0 spiro atoms. The Morgan fingerprint density at radius 3 is 1.80 bits per heavy atom. The maximum absolute atomic E-state index is 2.55. The summed E-state index contributed by atoms with van der Waals surface area (Å²) in [7, 11) is 0. The first-order chi connectivity index (χ1) is 6.78. The smallest absolute Gasteiger partial charge is 0.0239 e. The molecule has 0 N–H and O–H groups in total. The molecule has 3 atom stereocenters. The van der Waals surface area contributed by atoms with E-state index in [-0.39, 0.29) is 0 Å². The summed E-state index contributed by atoms with van der Waals surface area (Å²) in [6.07, 6.45) is 4.21. The largest absolute Gasteiger partial charge is 0.0651 e. The van der Waals surface area contributed by atoms with Crippen LogP contribution >= 0.6 is 0 Å². The highest BCUT2D eigenvalue weighted by molar-refractivity contribution is 5.03. The molecule has 0 heteroatoms. The Balaban J connectivity index is 2.86. The summed E-state index contributed by atoms with van der Waals surface area (Å²) < 4.78 is 0. The van der Waals surface area contributed by atoms with E-state index >= 15 is 0 Å². The fourth-order valence-electron chi connectivity index (χ4n) is 3.88. The van der Waals surface area contributed by atoms with Crippen molar-refractivity contribution in [1.29, 1.82) is 0 Å². The molecule has 0 radical (unpaired) electrons. The molecule has 0 saturated heterocycles. The second-order valence-corrected chi connectivity index (χ2v) is 6.90. The number of rotatable bonds is 3. The van der Waals surface area contributed by atoms with Crippen LogP contribution in [-0.4, -0.2) is 0 Å². The van der Waals surface area contributed by atoms with Gasteiger partial charge < -0.3 is 0 Å². The van der Waals surface area contributed by atoms with Gasteiger partial charge in [0.1, 0.15) is 0 Å². The van der Waals surface area contributed by atoms with Crippen molar-refractivity contribution >= 4 is 0 Å². The van der Waals surface area contributed by atoms with Crippen LogP contribution in [0, 0.1) is 28.6 Å². The number of hydrogen-bond acceptors (Lipinski definition) is 0. The lowest BCUT2D eigenvalue weighted by atomic mass is 9.44. The Bertz CT molecular complexity index is 199. The van der Waals surface area contributed by atoms with Gasteiger partial charge in [-0.15, -0.1) is 0 Å². The van der Waals surface area contributed by atoms with Crippen LogP contribution < -0.4 is 0 Å². The van der Waals surface area contributed by atoms with Gasteiger partial charge in [0.05, 0.1) is 0 Å². The second kappa shape index (κ2) is 4.11. The van der Waals surface area contributed by atoms with Crippen LogP contribution in [0.1, 0.15) is 67.7 Å². The van der Waals surface area contributed by atoms with Gasteiger partial charge in [-0.3, -0.25) is 0 Å². The van der Waals surface area contributed by atoms with E-state index in [1.54, 1.807) is 0 Å². The minimum atomic E-state index is 0.454. The molecule has 1 fully saturated rings. The highest BCUT2D eigenvalue weighted by Crippen LogP contribution is 2.62. The fourth-order valence-corrected chi connectivity index (χ4v) is 3.88. The monoisotopic (exact) mass is 210 g/mol. The van der Waals surface area contributed by atoms with Crippen LogP contribution in [0.15, 0.2) is 0 Å². The van der Waals surface area contributed by atoms with Crippen molar-refractivity contribution in [1.82, 2.24) is 0 Å². The first kappa shape index (κ1) is 13.1. The highest BCUT2D eigenvalue weighted by atomic mass is 14.6. The van der Waals surface area contributed by atoms with E-state index in [9.17, 15) is 0 Å². The van der Waals surface area contributed by atoms with E-state index in [0.717, 1.165) is 17.8 Å². The molecular formula is C15H30. The van der Waals surface area contributed by atoms with Crippen molar-refractivity contribution in [2.45, 2.75) is 67.7 Å². The maximum atomic E-state index is 2.55. The molecule has 0 amide bonds. The Hall–Kier alpha value is 0. The zero-order chi connectivity index (χ0) is 11.9. The van der Waals surface area contributed by atoms with Gasteiger partial charge in [0.25, 0.3) is 0 Å². The SMILES string of the molecule is CCC1CC(CC)C1(C)C(C)C(C)(C)C. The third kappa shape index (κ3) is 1.97. The lowest BCUT2D eigenvalue weighted by molar-refractivity contribution is -0.118. The fraction of sp³-hybridized carbons (Fsp3) is 1.00. The zero-order valence-corrected chi connectivity index (χ0v) is 11.9. The van der Waals surface area contributed by atoms with Gasteiger partial charge in [-0.05, 0) is 35.0 Å². The summed E-state index contributed by atoms with van der Waals surface area (Å²) in [5, 5.41) is 0. The molecule has 1 aliphatic carbocycles. The van der Waals surface area contributed by atoms with Crippen molar-refractivity contribution in [3.63, 3.8) is 0 Å². The number of hydrogen-bond donors (Lipinski definition) is 0. The Kier molecular flexibility index (Phi) is 3.58. The third-order valence-corrected chi connectivity index (χ3v) is 5.55. The van der Waals surface area contributed by atoms with E-state index in [1.807, 2.05) is 0 Å². The summed E-state index contributed by atoms with van der Waals surface area (Å²) in [6.45, 7) is 17.0. The molecule has 1 rings (SSSR count). The molecular weight excluding hydrogens is 180 g/mol. The topological polar surface area (TPSA) is 0 Å². The molecule has 15 heavy (non-hydrogen) atoms. The molecule has 0 aromatic heterocycles. The normalized spacial score (nSPS) is 38.6. The standard InChI is InChI=1S/C15H30/c1-8-12-10-13(9-2)15(12,7)11(3)14(4,5)6/h11-13H,8-10H2,1-7H3. The lowest BCUT2D eigenvalue weighted by Gasteiger charge is -2.61. The minimum Gasteiger partial charge on any atom is -0.0651 e. The van der Waals surface area contributed by atoms with E-state index in [4.69, 9.17) is 0 Å². The highest BCUT2D eigenvalue weighted by Gasteiger charge is 2.54. The average molecular weight is 210 g/mol. The van der Waals surface area contributed by atoms with Gasteiger partial charge in [-0.2, -0.15) is 0 Å². The van der Waals surface area contributed by atoms with Crippen molar-refractivity contribution in [2.75, 3.05) is 0 Å². The molecule has 1 saturated carbocycles. The first-order valence-corrected chi connectivity index (χ1v) is 6.78. The Morgan fingerprint density at radius 2 is 1.53 bits per heavy atom. The minimum absolute atomic E-state index is 0.454. The van der Waals surface area contributed by atoms with Crippen LogP contribution in [0.4, 0.5) is 0 Å². The molecule has 0 aromatic carbocycles. The Labute approximate surface area is 96.8 Å². The van der Waals surface area contributed by atoms with E-state index < -0.39 is 0 Å². The molecule has 3 unspecified atom stereocenters. The summed E-state index contributed by atoms with van der Waals surface area (Å²) >= 11 is 0. The van der Waals surface area contributed by atoms with Gasteiger partial charge in [0, 0.05) is 0 Å².